The highest BCUT2D eigenvalue weighted by Gasteiger charge is 2.22. The number of hydrogen-bond acceptors (Lipinski definition) is 4. The average Bonchev–Trinajstić information content (AvgIpc) is 3.06. The lowest BCUT2D eigenvalue weighted by atomic mass is 10.2. The van der Waals surface area contributed by atoms with E-state index in [0.29, 0.717) is 12.1 Å². The van der Waals surface area contributed by atoms with Crippen LogP contribution in [0.4, 0.5) is 5.13 Å². The lowest BCUT2D eigenvalue weighted by Crippen LogP contribution is -3.06. The van der Waals surface area contributed by atoms with Gasteiger partial charge in [-0.3, -0.25) is 9.69 Å². The number of nitrogens with zero attached hydrogens (tertiary/aromatic N) is 2. The van der Waals surface area contributed by atoms with Gasteiger partial charge in [-0.1, -0.05) is 30.4 Å². The molecule has 0 spiro atoms. The number of thioether (sulfide) groups is 1. The van der Waals surface area contributed by atoms with Crippen molar-refractivity contribution < 1.29 is 9.69 Å². The van der Waals surface area contributed by atoms with E-state index in [0.717, 1.165) is 27.6 Å². The van der Waals surface area contributed by atoms with Gasteiger partial charge in [-0.15, -0.1) is 11.8 Å². The molecule has 0 atom stereocenters. The molecule has 1 heterocycles. The van der Waals surface area contributed by atoms with Crippen LogP contribution in [0.5, 0.6) is 0 Å². The van der Waals surface area contributed by atoms with Crippen LogP contribution in [-0.2, 0) is 0 Å². The first-order valence-corrected chi connectivity index (χ1v) is 10.6. The quantitative estimate of drug-likeness (QED) is 0.634. The Morgan fingerprint density at radius 1 is 1.15 bits per heavy atom. The van der Waals surface area contributed by atoms with Gasteiger partial charge in [0.05, 0.1) is 37.4 Å². The number of quaternary nitrogens is 1. The van der Waals surface area contributed by atoms with E-state index in [1.165, 1.54) is 9.80 Å². The smallest absolute Gasteiger partial charge is 0.260 e. The summed E-state index contributed by atoms with van der Waals surface area (Å²) in [5.41, 5.74) is 1.65. The van der Waals surface area contributed by atoms with Gasteiger partial charge in [-0.05, 0) is 42.2 Å². The molecule has 4 nitrogen and oxygen atoms in total. The van der Waals surface area contributed by atoms with Crippen LogP contribution in [0.2, 0.25) is 0 Å². The van der Waals surface area contributed by atoms with Gasteiger partial charge in [-0.25, -0.2) is 4.98 Å². The molecule has 0 radical (unpaired) electrons. The van der Waals surface area contributed by atoms with Crippen LogP contribution in [0.25, 0.3) is 10.2 Å². The van der Waals surface area contributed by atoms with Crippen molar-refractivity contribution in [2.75, 3.05) is 37.8 Å². The van der Waals surface area contributed by atoms with Crippen molar-refractivity contribution in [3.8, 4) is 0 Å². The van der Waals surface area contributed by atoms with Crippen molar-refractivity contribution >= 4 is 44.4 Å². The van der Waals surface area contributed by atoms with E-state index in [4.69, 9.17) is 4.98 Å². The number of likely N-dealkylation sites (N-methyl/N-ethyl adjacent to an activating group) is 1. The summed E-state index contributed by atoms with van der Waals surface area (Å²) in [4.78, 5) is 22.2. The molecule has 1 N–H and O–H groups in total. The summed E-state index contributed by atoms with van der Waals surface area (Å²) in [7, 11) is 4.19. The Morgan fingerprint density at radius 2 is 1.88 bits per heavy atom. The molecule has 26 heavy (non-hydrogen) atoms. The van der Waals surface area contributed by atoms with E-state index in [1.807, 2.05) is 53.4 Å². The first-order valence-electron chi connectivity index (χ1n) is 8.78. The van der Waals surface area contributed by atoms with E-state index in [9.17, 15) is 4.79 Å². The van der Waals surface area contributed by atoms with Crippen LogP contribution >= 0.6 is 23.1 Å². The van der Waals surface area contributed by atoms with Crippen molar-refractivity contribution in [2.45, 2.75) is 11.8 Å². The van der Waals surface area contributed by atoms with Crippen LogP contribution in [0, 0.1) is 0 Å². The standard InChI is InChI=1S/C20H23N3OS2/c1-4-25-16-11-9-15(10-12-16)19(24)23(14-13-22(2)3)20-21-17-7-5-6-8-18(17)26-20/h5-12H,4,13-14H2,1-3H3/p+1. The lowest BCUT2D eigenvalue weighted by Gasteiger charge is -2.20. The molecule has 0 bridgehead atoms. The van der Waals surface area contributed by atoms with Crippen molar-refractivity contribution in [3.63, 3.8) is 0 Å². The normalized spacial score (nSPS) is 11.2. The van der Waals surface area contributed by atoms with Crippen LogP contribution in [0.15, 0.2) is 53.4 Å². The number of amides is 1. The van der Waals surface area contributed by atoms with Gasteiger partial charge in [0.1, 0.15) is 0 Å². The largest absolute Gasteiger partial charge is 0.338 e. The number of thiazole rings is 1. The van der Waals surface area contributed by atoms with E-state index in [1.54, 1.807) is 23.1 Å². The molecule has 1 amide bonds. The fourth-order valence-corrected chi connectivity index (χ4v) is 4.26. The van der Waals surface area contributed by atoms with Gasteiger partial charge >= 0.3 is 0 Å². The van der Waals surface area contributed by atoms with Crippen LogP contribution < -0.4 is 9.80 Å². The molecule has 0 unspecified atom stereocenters. The molecule has 136 valence electrons. The summed E-state index contributed by atoms with van der Waals surface area (Å²) in [6.45, 7) is 3.64. The van der Waals surface area contributed by atoms with Crippen LogP contribution in [0.1, 0.15) is 17.3 Å². The number of hydrogen-bond donors (Lipinski definition) is 1. The number of fused-ring (bicyclic) bond motifs is 1. The van der Waals surface area contributed by atoms with E-state index in [2.05, 4.69) is 21.0 Å². The number of para-hydroxylation sites is 1. The fourth-order valence-electron chi connectivity index (χ4n) is 2.61. The fraction of sp³-hybridized carbons (Fsp3) is 0.300. The molecule has 6 heteroatoms. The molecule has 2 aromatic carbocycles. The Bertz CT molecular complexity index is 841. The molecule has 0 aliphatic rings. The lowest BCUT2D eigenvalue weighted by molar-refractivity contribution is -0.856. The van der Waals surface area contributed by atoms with Gasteiger partial charge in [0, 0.05) is 10.5 Å². The number of nitrogens with one attached hydrogen (secondary N) is 1. The zero-order chi connectivity index (χ0) is 18.5. The Morgan fingerprint density at radius 3 is 2.54 bits per heavy atom. The molecular weight excluding hydrogens is 362 g/mol. The number of rotatable bonds is 7. The Labute approximate surface area is 162 Å². The number of carbonyl (C=O) groups excluding carboxylic acids is 1. The highest BCUT2D eigenvalue weighted by Crippen LogP contribution is 2.29. The summed E-state index contributed by atoms with van der Waals surface area (Å²) in [5.74, 6) is 1.04. The minimum absolute atomic E-state index is 0.0124. The SMILES string of the molecule is CCSc1ccc(C(=O)N(CC[NH+](C)C)c2nc3ccccc3s2)cc1. The first-order chi connectivity index (χ1) is 12.6. The van der Waals surface area contributed by atoms with Crippen molar-refractivity contribution in [1.29, 1.82) is 0 Å². The third-order valence-electron chi connectivity index (χ3n) is 4.01. The molecule has 3 aromatic rings. The average molecular weight is 387 g/mol. The number of carbonyl (C=O) groups is 1. The number of anilines is 1. The van der Waals surface area contributed by atoms with Gasteiger partial charge in [0.2, 0.25) is 0 Å². The second-order valence-corrected chi connectivity index (χ2v) is 8.68. The molecule has 0 fully saturated rings. The summed E-state index contributed by atoms with van der Waals surface area (Å²) >= 11 is 3.35. The van der Waals surface area contributed by atoms with Crippen molar-refractivity contribution in [1.82, 2.24) is 4.98 Å². The first kappa shape index (κ1) is 18.9. The van der Waals surface area contributed by atoms with Crippen LogP contribution in [0.3, 0.4) is 0 Å². The minimum Gasteiger partial charge on any atom is -0.338 e. The second kappa shape index (κ2) is 8.66. The zero-order valence-electron chi connectivity index (χ0n) is 15.4. The van der Waals surface area contributed by atoms with Crippen molar-refractivity contribution in [3.05, 3.63) is 54.1 Å². The molecule has 0 saturated heterocycles. The third-order valence-corrected chi connectivity index (χ3v) is 5.96. The maximum absolute atomic E-state index is 13.2. The predicted octanol–water partition coefficient (Wildman–Crippen LogP) is 3.20. The monoisotopic (exact) mass is 386 g/mol. The highest BCUT2D eigenvalue weighted by molar-refractivity contribution is 7.99. The second-order valence-electron chi connectivity index (χ2n) is 6.34. The maximum Gasteiger partial charge on any atom is 0.260 e. The molecule has 0 saturated carbocycles. The van der Waals surface area contributed by atoms with Crippen molar-refractivity contribution in [2.24, 2.45) is 0 Å². The molecule has 3 rings (SSSR count). The molecular formula is C20H24N3OS2+. The Balaban J connectivity index is 1.90. The summed E-state index contributed by atoms with van der Waals surface area (Å²) < 4.78 is 1.10. The molecule has 0 aliphatic heterocycles. The van der Waals surface area contributed by atoms with E-state index in [-0.39, 0.29) is 5.91 Å². The topological polar surface area (TPSA) is 37.6 Å². The molecule has 0 aliphatic carbocycles. The van der Waals surface area contributed by atoms with Gasteiger partial charge in [0.15, 0.2) is 5.13 Å². The van der Waals surface area contributed by atoms with Gasteiger partial charge in [-0.2, -0.15) is 0 Å². The van der Waals surface area contributed by atoms with Crippen LogP contribution in [-0.4, -0.2) is 43.8 Å². The summed E-state index contributed by atoms with van der Waals surface area (Å²) in [6, 6.07) is 15.9. The highest BCUT2D eigenvalue weighted by atomic mass is 32.2. The third kappa shape index (κ3) is 4.44. The maximum atomic E-state index is 13.2. The predicted molar refractivity (Wildman–Crippen MR) is 112 cm³/mol. The minimum atomic E-state index is 0.0124. The summed E-state index contributed by atoms with van der Waals surface area (Å²) in [6.07, 6.45) is 0. The zero-order valence-corrected chi connectivity index (χ0v) is 17.0. The van der Waals surface area contributed by atoms with Gasteiger partial charge in [0.25, 0.3) is 5.91 Å². The van der Waals surface area contributed by atoms with E-state index >= 15 is 0 Å². The molecule has 1 aromatic heterocycles. The number of aromatic nitrogens is 1. The Kier molecular flexibility index (Phi) is 6.29. The Hall–Kier alpha value is -1.89. The van der Waals surface area contributed by atoms with Gasteiger partial charge < -0.3 is 4.90 Å². The summed E-state index contributed by atoms with van der Waals surface area (Å²) in [5, 5.41) is 0.768. The number of benzene rings is 2. The van der Waals surface area contributed by atoms with E-state index < -0.39 is 0 Å².